The van der Waals surface area contributed by atoms with E-state index in [-0.39, 0.29) is 0 Å². The summed E-state index contributed by atoms with van der Waals surface area (Å²) in [6, 6.07) is 32.5. The summed E-state index contributed by atoms with van der Waals surface area (Å²) in [5, 5.41) is 2.81. The van der Waals surface area contributed by atoms with Crippen LogP contribution >= 0.6 is 46.4 Å². The van der Waals surface area contributed by atoms with Crippen molar-refractivity contribution >= 4 is 79.1 Å². The topological polar surface area (TPSA) is 0 Å². The molecule has 0 aliphatic heterocycles. The molecule has 0 bridgehead atoms. The summed E-state index contributed by atoms with van der Waals surface area (Å²) in [7, 11) is 0. The van der Waals surface area contributed by atoms with Gasteiger partial charge >= 0.3 is 196 Å². The molecule has 5 heteroatoms. The Labute approximate surface area is 194 Å². The summed E-state index contributed by atoms with van der Waals surface area (Å²) in [5.74, 6) is 0. The third-order valence-electron chi connectivity index (χ3n) is 5.03. The van der Waals surface area contributed by atoms with Gasteiger partial charge in [-0.3, -0.25) is 0 Å². The SMILES string of the molecule is Clc1ccc[c]([Sn]([c]2cccc(Cl)c2)([c]2cccc(Cl)c2)[c]2cccc(Cl)c2)c1. The van der Waals surface area contributed by atoms with Crippen molar-refractivity contribution in [3.05, 3.63) is 117 Å². The van der Waals surface area contributed by atoms with Gasteiger partial charge in [0.25, 0.3) is 0 Å². The molecule has 4 aromatic rings. The van der Waals surface area contributed by atoms with Gasteiger partial charge in [0.15, 0.2) is 0 Å². The second-order valence-electron chi connectivity index (χ2n) is 6.79. The summed E-state index contributed by atoms with van der Waals surface area (Å²) < 4.78 is 4.83. The number of benzene rings is 4. The zero-order valence-electron chi connectivity index (χ0n) is 15.2. The van der Waals surface area contributed by atoms with Crippen LogP contribution in [0.5, 0.6) is 0 Å². The van der Waals surface area contributed by atoms with Gasteiger partial charge < -0.3 is 0 Å². The zero-order chi connectivity index (χ0) is 20.4. The Bertz CT molecular complexity index is 985. The molecule has 0 saturated heterocycles. The molecule has 0 amide bonds. The second kappa shape index (κ2) is 8.91. The molecule has 0 aromatic heterocycles. The molecular formula is C24H16Cl4Sn. The molecule has 0 heterocycles. The Morgan fingerprint density at radius 1 is 0.379 bits per heavy atom. The van der Waals surface area contributed by atoms with Crippen LogP contribution in [-0.2, 0) is 0 Å². The van der Waals surface area contributed by atoms with Crippen LogP contribution in [0, 0.1) is 0 Å². The molecule has 29 heavy (non-hydrogen) atoms. The second-order valence-corrected chi connectivity index (χ2v) is 19.4. The number of halogens is 4. The molecule has 0 fully saturated rings. The van der Waals surface area contributed by atoms with Crippen LogP contribution in [0.15, 0.2) is 97.1 Å². The predicted octanol–water partition coefficient (Wildman–Crippen LogP) is 5.68. The van der Waals surface area contributed by atoms with E-state index in [1.165, 1.54) is 14.3 Å². The van der Waals surface area contributed by atoms with Gasteiger partial charge in [-0.15, -0.1) is 0 Å². The van der Waals surface area contributed by atoms with E-state index < -0.39 is 18.4 Å². The van der Waals surface area contributed by atoms with Gasteiger partial charge in [0.1, 0.15) is 0 Å². The zero-order valence-corrected chi connectivity index (χ0v) is 21.1. The first-order valence-electron chi connectivity index (χ1n) is 9.04. The van der Waals surface area contributed by atoms with Crippen molar-refractivity contribution in [2.45, 2.75) is 0 Å². The summed E-state index contributed by atoms with van der Waals surface area (Å²) in [6.45, 7) is 0. The quantitative estimate of drug-likeness (QED) is 0.280. The van der Waals surface area contributed by atoms with Crippen LogP contribution in [-0.4, -0.2) is 18.4 Å². The van der Waals surface area contributed by atoms with E-state index in [0.717, 1.165) is 0 Å². The van der Waals surface area contributed by atoms with E-state index in [1.54, 1.807) is 0 Å². The van der Waals surface area contributed by atoms with Crippen molar-refractivity contribution in [3.63, 3.8) is 0 Å². The first-order chi connectivity index (χ1) is 14.0. The first kappa shape index (κ1) is 21.1. The molecule has 0 radical (unpaired) electrons. The van der Waals surface area contributed by atoms with E-state index >= 15 is 0 Å². The fraction of sp³-hybridized carbons (Fsp3) is 0. The number of hydrogen-bond donors (Lipinski definition) is 0. The predicted molar refractivity (Wildman–Crippen MR) is 130 cm³/mol. The van der Waals surface area contributed by atoms with Gasteiger partial charge in [-0.2, -0.15) is 0 Å². The molecule has 0 N–H and O–H groups in total. The van der Waals surface area contributed by atoms with Crippen LogP contribution < -0.4 is 14.3 Å². The Kier molecular flexibility index (Phi) is 6.48. The van der Waals surface area contributed by atoms with Crippen LogP contribution in [0.25, 0.3) is 0 Å². The minimum absolute atomic E-state index is 0.703. The fourth-order valence-corrected chi connectivity index (χ4v) is 19.6. The molecular weight excluding hydrogens is 549 g/mol. The maximum atomic E-state index is 6.46. The summed E-state index contributed by atoms with van der Waals surface area (Å²) in [5.41, 5.74) is 0. The van der Waals surface area contributed by atoms with Crippen molar-refractivity contribution in [2.24, 2.45) is 0 Å². The van der Waals surface area contributed by atoms with Crippen molar-refractivity contribution in [2.75, 3.05) is 0 Å². The average Bonchev–Trinajstić information content (AvgIpc) is 2.69. The molecule has 0 unspecified atom stereocenters. The fourth-order valence-electron chi connectivity index (χ4n) is 3.89. The van der Waals surface area contributed by atoms with Crippen LogP contribution in [0.2, 0.25) is 20.1 Å². The van der Waals surface area contributed by atoms with Gasteiger partial charge in [0.2, 0.25) is 0 Å². The van der Waals surface area contributed by atoms with Crippen molar-refractivity contribution in [1.82, 2.24) is 0 Å². The standard InChI is InChI=1S/4C6H4Cl.Sn/c4*7-6-4-2-1-3-5-6;/h4*1-2,4-5H;. The molecule has 0 atom stereocenters. The van der Waals surface area contributed by atoms with Gasteiger partial charge in [0, 0.05) is 0 Å². The summed E-state index contributed by atoms with van der Waals surface area (Å²) in [4.78, 5) is 0. The molecule has 0 spiro atoms. The van der Waals surface area contributed by atoms with E-state index in [1.807, 2.05) is 48.5 Å². The van der Waals surface area contributed by atoms with Gasteiger partial charge in [-0.25, -0.2) is 0 Å². The van der Waals surface area contributed by atoms with Gasteiger partial charge in [0.05, 0.1) is 0 Å². The van der Waals surface area contributed by atoms with Gasteiger partial charge in [-0.05, 0) is 0 Å². The van der Waals surface area contributed by atoms with E-state index in [9.17, 15) is 0 Å². The number of hydrogen-bond acceptors (Lipinski definition) is 0. The van der Waals surface area contributed by atoms with Gasteiger partial charge in [-0.1, -0.05) is 0 Å². The number of rotatable bonds is 4. The molecule has 4 aromatic carbocycles. The normalized spacial score (nSPS) is 11.4. The Hall–Kier alpha value is -1.16. The molecule has 144 valence electrons. The molecule has 4 rings (SSSR count). The Morgan fingerprint density at radius 2 is 0.621 bits per heavy atom. The third-order valence-corrected chi connectivity index (χ3v) is 19.4. The molecule has 0 nitrogen and oxygen atoms in total. The molecule has 0 saturated carbocycles. The van der Waals surface area contributed by atoms with Crippen molar-refractivity contribution in [3.8, 4) is 0 Å². The average molecular weight is 565 g/mol. The Morgan fingerprint density at radius 3 is 0.828 bits per heavy atom. The third kappa shape index (κ3) is 4.19. The van der Waals surface area contributed by atoms with E-state index in [4.69, 9.17) is 46.4 Å². The Balaban J connectivity index is 2.19. The van der Waals surface area contributed by atoms with Crippen molar-refractivity contribution in [1.29, 1.82) is 0 Å². The van der Waals surface area contributed by atoms with Crippen LogP contribution in [0.1, 0.15) is 0 Å². The van der Waals surface area contributed by atoms with E-state index in [0.29, 0.717) is 20.1 Å². The molecule has 0 aliphatic carbocycles. The first-order valence-corrected chi connectivity index (χ1v) is 16.3. The minimum atomic E-state index is -3.82. The van der Waals surface area contributed by atoms with Crippen LogP contribution in [0.4, 0.5) is 0 Å². The monoisotopic (exact) mass is 564 g/mol. The summed E-state index contributed by atoms with van der Waals surface area (Å²) in [6.07, 6.45) is 0. The van der Waals surface area contributed by atoms with E-state index in [2.05, 4.69) is 48.5 Å². The maximum absolute atomic E-state index is 6.46. The van der Waals surface area contributed by atoms with Crippen molar-refractivity contribution < 1.29 is 0 Å². The molecule has 0 aliphatic rings. The summed E-state index contributed by atoms with van der Waals surface area (Å²) >= 11 is 22.0. The van der Waals surface area contributed by atoms with Crippen LogP contribution in [0.3, 0.4) is 0 Å².